The molecule has 3 fully saturated rings. The van der Waals surface area contributed by atoms with E-state index < -0.39 is 11.9 Å². The summed E-state index contributed by atoms with van der Waals surface area (Å²) in [6.45, 7) is 3.16. The highest BCUT2D eigenvalue weighted by Crippen LogP contribution is 2.42. The maximum Gasteiger partial charge on any atom is 0.407 e. The minimum absolute atomic E-state index is 0.0117. The van der Waals surface area contributed by atoms with Gasteiger partial charge in [0.05, 0.1) is 43.5 Å². The van der Waals surface area contributed by atoms with E-state index in [0.717, 1.165) is 30.4 Å². The Morgan fingerprint density at radius 2 is 1.75 bits per heavy atom. The normalized spacial score (nSPS) is 19.1. The molecule has 0 bridgehead atoms. The molecule has 0 saturated carbocycles. The molecule has 18 heteroatoms. The number of aromatic hydroxyl groups is 1. The number of fused-ring (bicyclic) bond motifs is 3. The lowest BCUT2D eigenvalue weighted by atomic mass is 9.96. The molecule has 4 heterocycles. The van der Waals surface area contributed by atoms with Crippen molar-refractivity contribution in [3.63, 3.8) is 0 Å². The Kier molecular flexibility index (Phi) is 13.2. The second-order valence-corrected chi connectivity index (χ2v) is 15.8. The second kappa shape index (κ2) is 18.6. The van der Waals surface area contributed by atoms with Gasteiger partial charge >= 0.3 is 12.1 Å². The van der Waals surface area contributed by atoms with Crippen LogP contribution in [0.2, 0.25) is 5.02 Å². The van der Waals surface area contributed by atoms with Crippen molar-refractivity contribution in [3.8, 4) is 16.9 Å². The number of hydrogen-bond donors (Lipinski definition) is 6. The number of nitrogens with zero attached hydrogens (tertiary/aromatic N) is 4. The summed E-state index contributed by atoms with van der Waals surface area (Å²) in [4.78, 5) is 47.9. The van der Waals surface area contributed by atoms with E-state index in [-0.39, 0.29) is 71.5 Å². The Morgan fingerprint density at radius 1 is 0.982 bits per heavy atom. The molecule has 15 nitrogen and oxygen atoms in total. The number of phenols is 1. The van der Waals surface area contributed by atoms with Gasteiger partial charge in [-0.15, -0.1) is 0 Å². The predicted molar refractivity (Wildman–Crippen MR) is 218 cm³/mol. The van der Waals surface area contributed by atoms with Crippen molar-refractivity contribution in [1.82, 2.24) is 30.8 Å². The van der Waals surface area contributed by atoms with E-state index in [4.69, 9.17) is 26.1 Å². The molecule has 57 heavy (non-hydrogen) atoms. The van der Waals surface area contributed by atoms with E-state index in [1.54, 1.807) is 12.1 Å². The summed E-state index contributed by atoms with van der Waals surface area (Å²) < 4.78 is 28.1. The third kappa shape index (κ3) is 9.66. The van der Waals surface area contributed by atoms with Crippen molar-refractivity contribution < 1.29 is 38.5 Å². The van der Waals surface area contributed by atoms with Gasteiger partial charge in [-0.25, -0.2) is 19.0 Å². The molecule has 304 valence electrons. The van der Waals surface area contributed by atoms with Crippen LogP contribution in [-0.2, 0) is 14.3 Å². The molecule has 0 radical (unpaired) electrons. The first kappa shape index (κ1) is 40.4. The van der Waals surface area contributed by atoms with Crippen molar-refractivity contribution in [2.75, 3.05) is 81.7 Å². The van der Waals surface area contributed by atoms with Crippen LogP contribution in [0.3, 0.4) is 0 Å². The van der Waals surface area contributed by atoms with Crippen LogP contribution < -0.4 is 26.2 Å². The van der Waals surface area contributed by atoms with Gasteiger partial charge in [-0.3, -0.25) is 4.79 Å². The minimum Gasteiger partial charge on any atom is -0.508 e. The number of phenolic OH excluding ortho intramolecular Hbond substituents is 1. The fourth-order valence-electron chi connectivity index (χ4n) is 7.54. The van der Waals surface area contributed by atoms with Gasteiger partial charge in [-0.1, -0.05) is 42.3 Å². The highest BCUT2D eigenvalue weighted by Gasteiger charge is 2.42. The monoisotopic (exact) mass is 824 g/mol. The fraction of sp³-hybridized carbons (Fsp3) is 0.462. The largest absolute Gasteiger partial charge is 0.508 e. The van der Waals surface area contributed by atoms with E-state index in [0.29, 0.717) is 79.8 Å². The summed E-state index contributed by atoms with van der Waals surface area (Å²) in [5, 5.41) is 34.2. The standard InChI is InChI=1S/C39H46ClFN8O7S/c40-28-21-27-34(33(41)32(28)26-20-24(50)19-23-5-1-2-6-25(23)26)45-37(47-36(27)48-11-13-49(14-12-48)39(53)54)43-10-16-56-18-17-55-15-9-42-31(51)8-4-3-7-30-35-29(22-57-30)44-38(52)46-35/h1-2,5-6,19-21,29-30,35,50H,3-4,7-18,22H2,(H,42,51)(H,53,54)(H,43,45,47)(H2,44,46,52)/t29-,30-,35-/m0/s1. The van der Waals surface area contributed by atoms with Gasteiger partial charge in [-0.05, 0) is 47.4 Å². The number of rotatable bonds is 17. The predicted octanol–water partition coefficient (Wildman–Crippen LogP) is 5.04. The molecule has 0 aliphatic carbocycles. The van der Waals surface area contributed by atoms with E-state index in [2.05, 4.69) is 26.3 Å². The number of piperazine rings is 1. The number of nitrogens with one attached hydrogen (secondary N) is 4. The molecular formula is C39H46ClFN8O7S. The number of carbonyl (C=O) groups is 3. The first-order valence-corrected chi connectivity index (χ1v) is 20.6. The molecule has 4 amide bonds. The number of ether oxygens (including phenoxy) is 2. The molecule has 3 aliphatic rings. The molecule has 7 rings (SSSR count). The molecule has 0 unspecified atom stereocenters. The summed E-state index contributed by atoms with van der Waals surface area (Å²) in [7, 11) is 0. The Morgan fingerprint density at radius 3 is 2.54 bits per heavy atom. The smallest absolute Gasteiger partial charge is 0.407 e. The number of thioether (sulfide) groups is 1. The molecule has 1 aromatic heterocycles. The summed E-state index contributed by atoms with van der Waals surface area (Å²) in [6, 6.07) is 12.3. The number of carbonyl (C=O) groups excluding carboxylic acids is 2. The zero-order valence-corrected chi connectivity index (χ0v) is 32.8. The number of urea groups is 1. The Balaban J connectivity index is 0.894. The highest BCUT2D eigenvalue weighted by atomic mass is 35.5. The van der Waals surface area contributed by atoms with Crippen molar-refractivity contribution >= 4 is 74.8 Å². The summed E-state index contributed by atoms with van der Waals surface area (Å²) in [5.41, 5.74) is 0.536. The summed E-state index contributed by atoms with van der Waals surface area (Å²) in [6.07, 6.45) is 2.14. The van der Waals surface area contributed by atoms with Crippen LogP contribution >= 0.6 is 23.4 Å². The van der Waals surface area contributed by atoms with Crippen LogP contribution in [-0.4, -0.2) is 132 Å². The topological polar surface area (TPSA) is 191 Å². The Labute approximate surface area is 338 Å². The molecule has 3 saturated heterocycles. The second-order valence-electron chi connectivity index (χ2n) is 14.2. The number of unbranched alkanes of at least 4 members (excludes halogenated alkanes) is 1. The third-order valence-corrected chi connectivity index (χ3v) is 12.2. The van der Waals surface area contributed by atoms with Crippen LogP contribution in [0.15, 0.2) is 42.5 Å². The molecule has 0 spiro atoms. The SMILES string of the molecule is O=C(CCCC[C@@H]1SC[C@@H]2NC(=O)N[C@@H]21)NCCOCCOCCNc1nc(N2CCN(C(=O)O)CC2)c2cc(Cl)c(-c3cc(O)cc4ccccc34)c(F)c2n1. The molecule has 3 atom stereocenters. The van der Waals surface area contributed by atoms with Crippen molar-refractivity contribution in [1.29, 1.82) is 0 Å². The number of amides is 4. The van der Waals surface area contributed by atoms with E-state index in [1.807, 2.05) is 40.9 Å². The molecule has 4 aromatic rings. The van der Waals surface area contributed by atoms with Crippen molar-refractivity contribution in [2.24, 2.45) is 0 Å². The lowest BCUT2D eigenvalue weighted by molar-refractivity contribution is -0.121. The fourth-order valence-corrected chi connectivity index (χ4v) is 9.38. The Hall–Kier alpha value is -4.84. The quantitative estimate of drug-likeness (QED) is 0.0616. The lowest BCUT2D eigenvalue weighted by Gasteiger charge is -2.34. The number of halogens is 2. The average Bonchev–Trinajstić information content (AvgIpc) is 3.76. The number of aromatic nitrogens is 2. The lowest BCUT2D eigenvalue weighted by Crippen LogP contribution is -2.48. The van der Waals surface area contributed by atoms with Gasteiger partial charge in [0.2, 0.25) is 11.9 Å². The van der Waals surface area contributed by atoms with E-state index >= 15 is 4.39 Å². The van der Waals surface area contributed by atoms with E-state index in [9.17, 15) is 24.6 Å². The van der Waals surface area contributed by atoms with Crippen LogP contribution in [0.1, 0.15) is 25.7 Å². The van der Waals surface area contributed by atoms with Crippen LogP contribution in [0.4, 0.5) is 25.7 Å². The highest BCUT2D eigenvalue weighted by molar-refractivity contribution is 8.00. The summed E-state index contributed by atoms with van der Waals surface area (Å²) >= 11 is 8.68. The van der Waals surface area contributed by atoms with Gasteiger partial charge in [0.15, 0.2) is 5.82 Å². The number of hydrogen-bond acceptors (Lipinski definition) is 11. The molecule has 3 aromatic carbocycles. The maximum absolute atomic E-state index is 16.7. The first-order chi connectivity index (χ1) is 27.7. The molecule has 6 N–H and O–H groups in total. The number of benzene rings is 3. The Bertz CT molecular complexity index is 2110. The van der Waals surface area contributed by atoms with Gasteiger partial charge < -0.3 is 50.8 Å². The van der Waals surface area contributed by atoms with Gasteiger partial charge in [0.25, 0.3) is 0 Å². The molecule has 3 aliphatic heterocycles. The van der Waals surface area contributed by atoms with Gasteiger partial charge in [-0.2, -0.15) is 16.7 Å². The third-order valence-electron chi connectivity index (χ3n) is 10.4. The zero-order chi connectivity index (χ0) is 39.9. The zero-order valence-electron chi connectivity index (χ0n) is 31.3. The maximum atomic E-state index is 16.7. The van der Waals surface area contributed by atoms with Crippen LogP contribution in [0, 0.1) is 5.82 Å². The molecular weight excluding hydrogens is 779 g/mol. The van der Waals surface area contributed by atoms with Gasteiger partial charge in [0, 0.05) is 67.6 Å². The minimum atomic E-state index is -1.01. The number of carboxylic acid groups (broad SMARTS) is 1. The summed E-state index contributed by atoms with van der Waals surface area (Å²) in [5.74, 6) is 0.784. The number of anilines is 2. The van der Waals surface area contributed by atoms with Gasteiger partial charge in [0.1, 0.15) is 17.1 Å². The average molecular weight is 825 g/mol. The van der Waals surface area contributed by atoms with Crippen molar-refractivity contribution in [3.05, 3.63) is 53.3 Å². The van der Waals surface area contributed by atoms with Crippen LogP contribution in [0.5, 0.6) is 5.75 Å². The van der Waals surface area contributed by atoms with Crippen molar-refractivity contribution in [2.45, 2.75) is 43.0 Å². The van der Waals surface area contributed by atoms with Crippen LogP contribution in [0.25, 0.3) is 32.8 Å². The van der Waals surface area contributed by atoms with E-state index in [1.165, 1.54) is 11.0 Å². The first-order valence-electron chi connectivity index (χ1n) is 19.2.